The van der Waals surface area contributed by atoms with E-state index in [2.05, 4.69) is 20.1 Å². The molecule has 116 valence electrons. The van der Waals surface area contributed by atoms with Crippen LogP contribution in [0.2, 0.25) is 0 Å². The van der Waals surface area contributed by atoms with Gasteiger partial charge in [-0.1, -0.05) is 12.8 Å². The van der Waals surface area contributed by atoms with Gasteiger partial charge in [0.05, 0.1) is 0 Å². The summed E-state index contributed by atoms with van der Waals surface area (Å²) in [6, 6.07) is 4.72. The molecule has 0 aromatic carbocycles. The Morgan fingerprint density at radius 2 is 1.86 bits per heavy atom. The summed E-state index contributed by atoms with van der Waals surface area (Å²) in [6.45, 7) is 2.39. The highest BCUT2D eigenvalue weighted by Crippen LogP contribution is 2.31. The molecule has 5 heteroatoms. The van der Waals surface area contributed by atoms with Gasteiger partial charge < -0.3 is 0 Å². The zero-order valence-corrected chi connectivity index (χ0v) is 12.9. The van der Waals surface area contributed by atoms with Crippen LogP contribution in [-0.2, 0) is 0 Å². The molecule has 1 saturated heterocycles. The van der Waals surface area contributed by atoms with Crippen molar-refractivity contribution in [3.63, 3.8) is 0 Å². The van der Waals surface area contributed by atoms with E-state index in [0.717, 1.165) is 29.8 Å². The van der Waals surface area contributed by atoms with Crippen molar-refractivity contribution in [2.45, 2.75) is 50.5 Å². The third kappa shape index (κ3) is 2.77. The van der Waals surface area contributed by atoms with E-state index >= 15 is 0 Å². The fourth-order valence-corrected chi connectivity index (χ4v) is 3.92. The number of nitrogens with zero attached hydrogens (tertiary/aromatic N) is 4. The first-order valence-electron chi connectivity index (χ1n) is 8.47. The first kappa shape index (κ1) is 13.9. The zero-order chi connectivity index (χ0) is 14.8. The van der Waals surface area contributed by atoms with Gasteiger partial charge in [-0.3, -0.25) is 15.0 Å². The quantitative estimate of drug-likeness (QED) is 0.946. The van der Waals surface area contributed by atoms with E-state index in [1.54, 1.807) is 12.4 Å². The van der Waals surface area contributed by atoms with Crippen molar-refractivity contribution in [1.29, 1.82) is 0 Å². The van der Waals surface area contributed by atoms with Gasteiger partial charge in [-0.2, -0.15) is 5.10 Å². The van der Waals surface area contributed by atoms with Gasteiger partial charge in [0, 0.05) is 36.5 Å². The molecule has 22 heavy (non-hydrogen) atoms. The van der Waals surface area contributed by atoms with Crippen molar-refractivity contribution in [2.24, 2.45) is 0 Å². The standard InChI is InChI=1S/C17H23N5/c1-2-6-15(5-1)22-11-3-4-14(12-22)17-19-16(20-21-17)13-7-9-18-10-8-13/h7-10,14-15H,1-6,11-12H2,(H,19,20,21). The summed E-state index contributed by atoms with van der Waals surface area (Å²) >= 11 is 0. The van der Waals surface area contributed by atoms with E-state index in [1.165, 1.54) is 45.1 Å². The molecule has 1 atom stereocenters. The predicted molar refractivity (Wildman–Crippen MR) is 85.4 cm³/mol. The molecule has 2 fully saturated rings. The molecular formula is C17H23N5. The molecule has 1 unspecified atom stereocenters. The van der Waals surface area contributed by atoms with Crippen LogP contribution in [0.25, 0.3) is 11.4 Å². The van der Waals surface area contributed by atoms with Crippen LogP contribution in [-0.4, -0.2) is 44.2 Å². The number of hydrogen-bond donors (Lipinski definition) is 1. The molecule has 2 aliphatic rings. The number of rotatable bonds is 3. The van der Waals surface area contributed by atoms with Gasteiger partial charge >= 0.3 is 0 Å². The number of aromatic amines is 1. The van der Waals surface area contributed by atoms with Crippen LogP contribution in [0.3, 0.4) is 0 Å². The lowest BCUT2D eigenvalue weighted by Gasteiger charge is -2.35. The topological polar surface area (TPSA) is 57.7 Å². The molecule has 2 aromatic rings. The summed E-state index contributed by atoms with van der Waals surface area (Å²) in [5, 5.41) is 7.58. The fourth-order valence-electron chi connectivity index (χ4n) is 3.92. The Kier molecular flexibility index (Phi) is 3.89. The normalized spacial score (nSPS) is 23.9. The van der Waals surface area contributed by atoms with Gasteiger partial charge in [-0.15, -0.1) is 0 Å². The van der Waals surface area contributed by atoms with Gasteiger partial charge in [0.15, 0.2) is 5.82 Å². The average Bonchev–Trinajstić information content (AvgIpc) is 3.28. The molecule has 1 aliphatic heterocycles. The monoisotopic (exact) mass is 297 g/mol. The van der Waals surface area contributed by atoms with Crippen LogP contribution in [0.5, 0.6) is 0 Å². The second kappa shape index (κ2) is 6.16. The lowest BCUT2D eigenvalue weighted by atomic mass is 9.95. The number of likely N-dealkylation sites (tertiary alicyclic amines) is 1. The Bertz CT molecular complexity index is 603. The fraction of sp³-hybridized carbons (Fsp3) is 0.588. The number of H-pyrrole nitrogens is 1. The Balaban J connectivity index is 1.48. The Morgan fingerprint density at radius 1 is 1.05 bits per heavy atom. The molecule has 5 nitrogen and oxygen atoms in total. The first-order valence-corrected chi connectivity index (χ1v) is 8.47. The van der Waals surface area contributed by atoms with E-state index in [9.17, 15) is 0 Å². The van der Waals surface area contributed by atoms with Crippen LogP contribution >= 0.6 is 0 Å². The Hall–Kier alpha value is -1.75. The minimum Gasteiger partial charge on any atom is -0.300 e. The SMILES string of the molecule is c1cc(-c2n[nH]c(C3CCCN(C4CCCC4)C3)n2)ccn1. The molecule has 0 bridgehead atoms. The molecule has 3 heterocycles. The van der Waals surface area contributed by atoms with Crippen molar-refractivity contribution < 1.29 is 0 Å². The van der Waals surface area contributed by atoms with E-state index in [1.807, 2.05) is 12.1 Å². The van der Waals surface area contributed by atoms with E-state index < -0.39 is 0 Å². The second-order valence-electron chi connectivity index (χ2n) is 6.55. The number of hydrogen-bond acceptors (Lipinski definition) is 4. The summed E-state index contributed by atoms with van der Waals surface area (Å²) in [5.41, 5.74) is 1.03. The highest BCUT2D eigenvalue weighted by Gasteiger charge is 2.29. The lowest BCUT2D eigenvalue weighted by molar-refractivity contribution is 0.147. The minimum absolute atomic E-state index is 0.498. The third-order valence-corrected chi connectivity index (χ3v) is 5.12. The van der Waals surface area contributed by atoms with Crippen LogP contribution in [0, 0.1) is 0 Å². The van der Waals surface area contributed by atoms with Crippen molar-refractivity contribution in [2.75, 3.05) is 13.1 Å². The van der Waals surface area contributed by atoms with Crippen molar-refractivity contribution >= 4 is 0 Å². The molecule has 0 amide bonds. The van der Waals surface area contributed by atoms with Gasteiger partial charge in [0.2, 0.25) is 0 Å². The molecule has 1 N–H and O–H groups in total. The van der Waals surface area contributed by atoms with Crippen molar-refractivity contribution in [3.8, 4) is 11.4 Å². The Morgan fingerprint density at radius 3 is 2.68 bits per heavy atom. The maximum Gasteiger partial charge on any atom is 0.181 e. The maximum atomic E-state index is 4.74. The Labute approximate surface area is 131 Å². The molecule has 4 rings (SSSR count). The summed E-state index contributed by atoms with van der Waals surface area (Å²) < 4.78 is 0. The molecule has 0 spiro atoms. The highest BCUT2D eigenvalue weighted by molar-refractivity contribution is 5.53. The minimum atomic E-state index is 0.498. The maximum absolute atomic E-state index is 4.74. The van der Waals surface area contributed by atoms with Crippen LogP contribution in [0.15, 0.2) is 24.5 Å². The van der Waals surface area contributed by atoms with Gasteiger partial charge in [0.1, 0.15) is 5.82 Å². The number of nitrogens with one attached hydrogen (secondary N) is 1. The summed E-state index contributed by atoms with van der Waals surface area (Å²) in [6.07, 6.45) is 11.6. The second-order valence-corrected chi connectivity index (χ2v) is 6.55. The zero-order valence-electron chi connectivity index (χ0n) is 12.9. The van der Waals surface area contributed by atoms with Crippen LogP contribution < -0.4 is 0 Å². The molecule has 0 radical (unpaired) electrons. The van der Waals surface area contributed by atoms with E-state index in [4.69, 9.17) is 4.98 Å². The van der Waals surface area contributed by atoms with Crippen LogP contribution in [0.4, 0.5) is 0 Å². The lowest BCUT2D eigenvalue weighted by Crippen LogP contribution is -2.40. The van der Waals surface area contributed by atoms with E-state index in [0.29, 0.717) is 5.92 Å². The summed E-state index contributed by atoms with van der Waals surface area (Å²) in [7, 11) is 0. The van der Waals surface area contributed by atoms with Crippen LogP contribution in [0.1, 0.15) is 50.3 Å². The van der Waals surface area contributed by atoms with Gasteiger partial charge in [-0.05, 0) is 44.4 Å². The molecule has 1 saturated carbocycles. The number of pyridine rings is 1. The summed E-state index contributed by atoms with van der Waals surface area (Å²) in [5.74, 6) is 2.34. The molecular weight excluding hydrogens is 274 g/mol. The number of piperidine rings is 1. The van der Waals surface area contributed by atoms with Gasteiger partial charge in [-0.25, -0.2) is 4.98 Å². The largest absolute Gasteiger partial charge is 0.300 e. The van der Waals surface area contributed by atoms with Crippen molar-refractivity contribution in [3.05, 3.63) is 30.4 Å². The van der Waals surface area contributed by atoms with Crippen molar-refractivity contribution in [1.82, 2.24) is 25.1 Å². The smallest absolute Gasteiger partial charge is 0.181 e. The van der Waals surface area contributed by atoms with E-state index in [-0.39, 0.29) is 0 Å². The number of aromatic nitrogens is 4. The molecule has 1 aliphatic carbocycles. The average molecular weight is 297 g/mol. The van der Waals surface area contributed by atoms with Gasteiger partial charge in [0.25, 0.3) is 0 Å². The predicted octanol–water partition coefficient (Wildman–Crippen LogP) is 2.99. The third-order valence-electron chi connectivity index (χ3n) is 5.12. The summed E-state index contributed by atoms with van der Waals surface area (Å²) in [4.78, 5) is 11.5. The molecule has 2 aromatic heterocycles. The highest BCUT2D eigenvalue weighted by atomic mass is 15.2. The first-order chi connectivity index (χ1) is 10.9.